The smallest absolute Gasteiger partial charge is 0.227 e. The third-order valence-corrected chi connectivity index (χ3v) is 11.6. The first-order valence-corrected chi connectivity index (χ1v) is 18.7. The number of anilines is 3. The number of aromatic nitrogens is 1. The van der Waals surface area contributed by atoms with Crippen LogP contribution in [0.2, 0.25) is 0 Å². The number of hydrogen-bond acceptors (Lipinski definition) is 4. The first-order chi connectivity index (χ1) is 26.3. The summed E-state index contributed by atoms with van der Waals surface area (Å²) in [7, 11) is 0. The highest BCUT2D eigenvalue weighted by Gasteiger charge is 2.30. The van der Waals surface area contributed by atoms with Crippen LogP contribution >= 0.6 is 11.3 Å². The van der Waals surface area contributed by atoms with Crippen molar-refractivity contribution in [1.82, 2.24) is 4.98 Å². The molecule has 10 aromatic rings. The fourth-order valence-corrected chi connectivity index (χ4v) is 9.18. The van der Waals surface area contributed by atoms with Crippen molar-refractivity contribution < 1.29 is 4.42 Å². The Labute approximate surface area is 310 Å². The van der Waals surface area contributed by atoms with Gasteiger partial charge in [0, 0.05) is 58.9 Å². The van der Waals surface area contributed by atoms with E-state index in [2.05, 4.69) is 181 Å². The number of para-hydroxylation sites is 1. The van der Waals surface area contributed by atoms with Gasteiger partial charge in [-0.25, -0.2) is 4.98 Å². The zero-order chi connectivity index (χ0) is 34.9. The molecule has 1 aliphatic carbocycles. The predicted molar refractivity (Wildman–Crippen MR) is 222 cm³/mol. The minimum atomic E-state index is 0.634. The molecule has 4 heteroatoms. The van der Waals surface area contributed by atoms with Gasteiger partial charge in [-0.15, -0.1) is 11.3 Å². The van der Waals surface area contributed by atoms with E-state index in [-0.39, 0.29) is 0 Å². The maximum Gasteiger partial charge on any atom is 0.227 e. The van der Waals surface area contributed by atoms with Crippen LogP contribution in [0.15, 0.2) is 186 Å². The molecule has 0 saturated carbocycles. The van der Waals surface area contributed by atoms with Gasteiger partial charge in [0.25, 0.3) is 0 Å². The van der Waals surface area contributed by atoms with Gasteiger partial charge in [0.05, 0.1) is 11.4 Å². The summed E-state index contributed by atoms with van der Waals surface area (Å²) in [5.41, 5.74) is 12.0. The molecule has 0 atom stereocenters. The molecule has 2 heterocycles. The first-order valence-electron chi connectivity index (χ1n) is 17.9. The van der Waals surface area contributed by atoms with Gasteiger partial charge in [0.1, 0.15) is 5.69 Å². The Bertz CT molecular complexity index is 2990. The molecular formula is C49H30N2OS. The first kappa shape index (κ1) is 29.9. The van der Waals surface area contributed by atoms with E-state index in [4.69, 9.17) is 9.40 Å². The van der Waals surface area contributed by atoms with Crippen molar-refractivity contribution in [3.05, 3.63) is 182 Å². The summed E-state index contributed by atoms with van der Waals surface area (Å²) in [5.74, 6) is 1.46. The Morgan fingerprint density at radius 2 is 1.11 bits per heavy atom. The lowest BCUT2D eigenvalue weighted by molar-refractivity contribution is 0.590. The molecule has 0 fully saturated rings. The number of hydrogen-bond donors (Lipinski definition) is 0. The highest BCUT2D eigenvalue weighted by Crippen LogP contribution is 2.53. The molecule has 0 N–H and O–H groups in total. The number of nitrogens with zero attached hydrogens (tertiary/aromatic N) is 2. The van der Waals surface area contributed by atoms with Gasteiger partial charge in [-0.2, -0.15) is 0 Å². The molecule has 8 aromatic carbocycles. The van der Waals surface area contributed by atoms with Crippen LogP contribution in [0.3, 0.4) is 0 Å². The second-order valence-electron chi connectivity index (χ2n) is 13.5. The van der Waals surface area contributed by atoms with E-state index < -0.39 is 0 Å². The van der Waals surface area contributed by atoms with E-state index in [0.717, 1.165) is 56.2 Å². The standard InChI is InChI=1S/C49H30N2OS/c1-3-13-31(14-4-1)33-17-11-18-34(29-33)49-50-47-40-22-12-21-39-43(28-27-41(46(39)40)48(47)52-49)51(42-23-9-7-19-36(42)32-15-5-2-6-16-32)35-25-26-38-37-20-8-10-24-44(37)53-45(38)30-35/h1-30H. The average molecular weight is 695 g/mol. The average Bonchev–Trinajstić information content (AvgIpc) is 3.92. The van der Waals surface area contributed by atoms with Crippen LogP contribution in [-0.2, 0) is 0 Å². The lowest BCUT2D eigenvalue weighted by Crippen LogP contribution is -2.11. The molecule has 11 rings (SSSR count). The van der Waals surface area contributed by atoms with Gasteiger partial charge in [-0.1, -0.05) is 133 Å². The Morgan fingerprint density at radius 1 is 0.434 bits per heavy atom. The van der Waals surface area contributed by atoms with Crippen LogP contribution in [0, 0.1) is 0 Å². The monoisotopic (exact) mass is 694 g/mol. The Hall–Kier alpha value is -6.75. The molecule has 1 aliphatic rings. The minimum Gasteiger partial charge on any atom is -0.435 e. The summed E-state index contributed by atoms with van der Waals surface area (Å²) in [6.07, 6.45) is 0. The SMILES string of the molecule is c1ccc(-c2cccc(-c3nc4c(o3)-c3ccc(N(c5ccc6c(c5)sc5ccccc56)c5ccccc5-c5ccccc5)c5cccc-4c35)c2)cc1. The zero-order valence-electron chi connectivity index (χ0n) is 28.5. The van der Waals surface area contributed by atoms with Crippen LogP contribution in [0.1, 0.15) is 0 Å². The van der Waals surface area contributed by atoms with Crippen LogP contribution in [0.4, 0.5) is 17.1 Å². The third-order valence-electron chi connectivity index (χ3n) is 10.5. The normalized spacial score (nSPS) is 11.8. The van der Waals surface area contributed by atoms with Crippen molar-refractivity contribution in [2.24, 2.45) is 0 Å². The summed E-state index contributed by atoms with van der Waals surface area (Å²) in [6.45, 7) is 0. The maximum absolute atomic E-state index is 6.68. The second kappa shape index (κ2) is 11.9. The van der Waals surface area contributed by atoms with Gasteiger partial charge in [0.15, 0.2) is 5.76 Å². The van der Waals surface area contributed by atoms with Gasteiger partial charge in [-0.05, 0) is 65.2 Å². The van der Waals surface area contributed by atoms with Crippen LogP contribution < -0.4 is 4.90 Å². The van der Waals surface area contributed by atoms with Crippen molar-refractivity contribution >= 4 is 59.3 Å². The summed E-state index contributed by atoms with van der Waals surface area (Å²) in [4.78, 5) is 7.59. The predicted octanol–water partition coefficient (Wildman–Crippen LogP) is 14.3. The van der Waals surface area contributed by atoms with Crippen molar-refractivity contribution in [3.8, 4) is 56.3 Å². The number of oxazole rings is 1. The summed E-state index contributed by atoms with van der Waals surface area (Å²) >= 11 is 1.85. The molecule has 0 radical (unpaired) electrons. The lowest BCUT2D eigenvalue weighted by Gasteiger charge is -2.29. The quantitative estimate of drug-likeness (QED) is 0.173. The fraction of sp³-hybridized carbons (Fsp3) is 0. The molecule has 0 unspecified atom stereocenters. The minimum absolute atomic E-state index is 0.634. The number of thiophene rings is 1. The molecular weight excluding hydrogens is 665 g/mol. The van der Waals surface area contributed by atoms with E-state index in [1.54, 1.807) is 0 Å². The Morgan fingerprint density at radius 3 is 2.00 bits per heavy atom. The molecule has 0 spiro atoms. The van der Waals surface area contributed by atoms with E-state index in [1.807, 2.05) is 17.4 Å². The topological polar surface area (TPSA) is 29.3 Å². The van der Waals surface area contributed by atoms with Gasteiger partial charge in [0.2, 0.25) is 5.89 Å². The van der Waals surface area contributed by atoms with E-state index in [1.165, 1.54) is 42.2 Å². The van der Waals surface area contributed by atoms with Crippen molar-refractivity contribution in [1.29, 1.82) is 0 Å². The fourth-order valence-electron chi connectivity index (χ4n) is 8.04. The number of rotatable bonds is 6. The van der Waals surface area contributed by atoms with Crippen LogP contribution in [0.5, 0.6) is 0 Å². The van der Waals surface area contributed by atoms with Crippen LogP contribution in [0.25, 0.3) is 87.2 Å². The van der Waals surface area contributed by atoms with Gasteiger partial charge >= 0.3 is 0 Å². The van der Waals surface area contributed by atoms with E-state index >= 15 is 0 Å². The maximum atomic E-state index is 6.68. The molecule has 248 valence electrons. The third kappa shape index (κ3) is 4.77. The molecule has 2 aromatic heterocycles. The summed E-state index contributed by atoms with van der Waals surface area (Å²) in [5, 5.41) is 4.90. The van der Waals surface area contributed by atoms with E-state index in [9.17, 15) is 0 Å². The zero-order valence-corrected chi connectivity index (χ0v) is 29.3. The van der Waals surface area contributed by atoms with Crippen LogP contribution in [-0.4, -0.2) is 4.98 Å². The second-order valence-corrected chi connectivity index (χ2v) is 14.6. The lowest BCUT2D eigenvalue weighted by atomic mass is 9.98. The van der Waals surface area contributed by atoms with E-state index in [0.29, 0.717) is 5.89 Å². The molecule has 0 bridgehead atoms. The number of benzene rings is 8. The van der Waals surface area contributed by atoms with Gasteiger partial charge < -0.3 is 9.32 Å². The van der Waals surface area contributed by atoms with Gasteiger partial charge in [-0.3, -0.25) is 0 Å². The summed E-state index contributed by atoms with van der Waals surface area (Å²) < 4.78 is 9.24. The van der Waals surface area contributed by atoms with Crippen molar-refractivity contribution in [2.75, 3.05) is 4.90 Å². The van der Waals surface area contributed by atoms with Crippen molar-refractivity contribution in [2.45, 2.75) is 0 Å². The Kier molecular flexibility index (Phi) is 6.73. The molecule has 0 saturated heterocycles. The highest BCUT2D eigenvalue weighted by atomic mass is 32.1. The highest BCUT2D eigenvalue weighted by molar-refractivity contribution is 7.25. The molecule has 0 amide bonds. The molecule has 53 heavy (non-hydrogen) atoms. The molecule has 3 nitrogen and oxygen atoms in total. The summed E-state index contributed by atoms with van der Waals surface area (Å²) in [6, 6.07) is 64.9. The largest absolute Gasteiger partial charge is 0.435 e. The number of fused-ring (bicyclic) bond motifs is 6. The van der Waals surface area contributed by atoms with Crippen molar-refractivity contribution in [3.63, 3.8) is 0 Å². The molecule has 0 aliphatic heterocycles. The Balaban J connectivity index is 1.09.